The average molecular weight is 643 g/mol. The SMILES string of the molecule is CC1=[C]([Zr+2]([C]2=C(C)C(C(C)(C)C)=CC2C)=[Si](c2ccccc2)c2ccccc2)C(C)C=C1C(C)(C)C.[Cl-].[Cl-]. The van der Waals surface area contributed by atoms with Gasteiger partial charge in [-0.1, -0.05) is 0 Å². The Morgan fingerprint density at radius 3 is 1.16 bits per heavy atom. The number of benzene rings is 2. The van der Waals surface area contributed by atoms with E-state index in [9.17, 15) is 0 Å². The van der Waals surface area contributed by atoms with Crippen LogP contribution in [0.4, 0.5) is 0 Å². The van der Waals surface area contributed by atoms with Crippen molar-refractivity contribution in [3.05, 3.63) is 102 Å². The van der Waals surface area contributed by atoms with Gasteiger partial charge in [0.2, 0.25) is 0 Å². The minimum atomic E-state index is -2.44. The van der Waals surface area contributed by atoms with Crippen LogP contribution in [0.5, 0.6) is 0 Å². The number of rotatable bonds is 4. The molecular formula is C34H44Cl2SiZr. The van der Waals surface area contributed by atoms with Crippen LogP contribution in [-0.4, -0.2) is 5.43 Å². The first kappa shape index (κ1) is 33.3. The summed E-state index contributed by atoms with van der Waals surface area (Å²) >= 11 is -2.44. The van der Waals surface area contributed by atoms with Gasteiger partial charge in [0.05, 0.1) is 0 Å². The Labute approximate surface area is 252 Å². The number of halogens is 2. The molecule has 2 aromatic rings. The van der Waals surface area contributed by atoms with E-state index < -0.39 is 25.8 Å². The van der Waals surface area contributed by atoms with Gasteiger partial charge in [-0.2, -0.15) is 0 Å². The molecule has 4 heteroatoms. The summed E-state index contributed by atoms with van der Waals surface area (Å²) < 4.78 is 3.71. The van der Waals surface area contributed by atoms with Crippen LogP contribution in [0.15, 0.2) is 102 Å². The first-order valence-corrected chi connectivity index (χ1v) is 21.2. The first-order chi connectivity index (χ1) is 16.8. The van der Waals surface area contributed by atoms with Crippen LogP contribution in [0.1, 0.15) is 69.2 Å². The average Bonchev–Trinajstić information content (AvgIpc) is 3.28. The maximum absolute atomic E-state index is 2.62. The Balaban J connectivity index is 0.00000253. The molecule has 38 heavy (non-hydrogen) atoms. The Kier molecular flexibility index (Phi) is 11.1. The van der Waals surface area contributed by atoms with E-state index in [2.05, 4.69) is 142 Å². The molecule has 0 aromatic heterocycles. The summed E-state index contributed by atoms with van der Waals surface area (Å²) in [4.78, 5) is 0. The Bertz CT molecular complexity index is 1210. The van der Waals surface area contributed by atoms with Gasteiger partial charge in [-0.05, 0) is 0 Å². The topological polar surface area (TPSA) is 0 Å². The third kappa shape index (κ3) is 6.52. The van der Waals surface area contributed by atoms with E-state index in [4.69, 9.17) is 0 Å². The van der Waals surface area contributed by atoms with Crippen molar-refractivity contribution in [1.29, 1.82) is 0 Å². The van der Waals surface area contributed by atoms with Crippen LogP contribution in [0.3, 0.4) is 0 Å². The van der Waals surface area contributed by atoms with Gasteiger partial charge in [-0.25, -0.2) is 0 Å². The van der Waals surface area contributed by atoms with Crippen LogP contribution < -0.4 is 35.2 Å². The molecule has 0 spiro atoms. The van der Waals surface area contributed by atoms with E-state index in [0.29, 0.717) is 11.8 Å². The molecule has 2 unspecified atom stereocenters. The van der Waals surface area contributed by atoms with Crippen molar-refractivity contribution < 1.29 is 45.2 Å². The fourth-order valence-corrected chi connectivity index (χ4v) is 30.4. The van der Waals surface area contributed by atoms with Crippen LogP contribution in [-0.2, 0) is 20.4 Å². The minimum absolute atomic E-state index is 0. The monoisotopic (exact) mass is 640 g/mol. The van der Waals surface area contributed by atoms with Gasteiger partial charge < -0.3 is 24.8 Å². The van der Waals surface area contributed by atoms with Crippen molar-refractivity contribution in [3.8, 4) is 0 Å². The van der Waals surface area contributed by atoms with Crippen LogP contribution in [0.25, 0.3) is 0 Å². The molecule has 0 aliphatic heterocycles. The van der Waals surface area contributed by atoms with Crippen molar-refractivity contribution >= 4 is 15.8 Å². The molecule has 0 bridgehead atoms. The molecule has 0 amide bonds. The predicted molar refractivity (Wildman–Crippen MR) is 157 cm³/mol. The summed E-state index contributed by atoms with van der Waals surface area (Å²) in [7, 11) is 0. The molecule has 0 fully saturated rings. The van der Waals surface area contributed by atoms with E-state index in [1.807, 2.05) is 6.56 Å². The summed E-state index contributed by atoms with van der Waals surface area (Å²) in [6.45, 7) is 24.2. The molecule has 0 N–H and O–H groups in total. The van der Waals surface area contributed by atoms with Crippen molar-refractivity contribution in [1.82, 2.24) is 0 Å². The summed E-state index contributed by atoms with van der Waals surface area (Å²) in [6, 6.07) is 23.2. The molecule has 0 radical (unpaired) electrons. The molecule has 2 atom stereocenters. The van der Waals surface area contributed by atoms with Crippen LogP contribution >= 0.6 is 0 Å². The molecule has 2 aromatic carbocycles. The molecule has 4 rings (SSSR count). The molecule has 2 aliphatic rings. The normalized spacial score (nSPS) is 19.3. The third-order valence-corrected chi connectivity index (χ3v) is 28.1. The molecular weight excluding hydrogens is 599 g/mol. The van der Waals surface area contributed by atoms with Gasteiger partial charge in [0.1, 0.15) is 0 Å². The second-order valence-electron chi connectivity index (χ2n) is 12.8. The third-order valence-electron chi connectivity index (χ3n) is 7.89. The predicted octanol–water partition coefficient (Wildman–Crippen LogP) is 2.21. The van der Waals surface area contributed by atoms with Crippen LogP contribution in [0.2, 0.25) is 0 Å². The van der Waals surface area contributed by atoms with Gasteiger partial charge in [0.25, 0.3) is 0 Å². The van der Waals surface area contributed by atoms with Crippen molar-refractivity contribution in [3.63, 3.8) is 0 Å². The Hall–Kier alpha value is -0.920. The second-order valence-corrected chi connectivity index (χ2v) is 25.8. The quantitative estimate of drug-likeness (QED) is 0.449. The molecule has 2 aliphatic carbocycles. The molecule has 202 valence electrons. The van der Waals surface area contributed by atoms with E-state index in [0.717, 1.165) is 0 Å². The standard InChI is InChI=1S/C12H10Si.2C11H17.2ClH.Zr/c1-3-7-11(8-4-1)13-12-9-5-2-6-10-12;2*1-8-6-9(2)10(7-8)11(3,4)5;;;/h1-10H;2*7-8H,1-5H3;2*1H;/q;;;;;+2/p-2. The summed E-state index contributed by atoms with van der Waals surface area (Å²) in [6.07, 6.45) is 5.24. The molecule has 0 saturated carbocycles. The fraction of sp³-hybridized carbons (Fsp3) is 0.412. The van der Waals surface area contributed by atoms with Crippen LogP contribution in [0, 0.1) is 22.7 Å². The van der Waals surface area contributed by atoms with E-state index in [1.165, 1.54) is 0 Å². The number of allylic oxidation sites excluding steroid dienone is 8. The number of hydrogen-bond acceptors (Lipinski definition) is 0. The van der Waals surface area contributed by atoms with E-state index in [1.54, 1.807) is 32.7 Å². The van der Waals surface area contributed by atoms with Gasteiger partial charge in [0.15, 0.2) is 0 Å². The molecule has 0 heterocycles. The minimum Gasteiger partial charge on any atom is -1.00 e. The van der Waals surface area contributed by atoms with E-state index >= 15 is 0 Å². The molecule has 0 nitrogen and oxygen atoms in total. The first-order valence-electron chi connectivity index (χ1n) is 13.5. The Morgan fingerprint density at radius 2 is 0.895 bits per heavy atom. The zero-order valence-corrected chi connectivity index (χ0v) is 29.8. The zero-order valence-electron chi connectivity index (χ0n) is 24.8. The second kappa shape index (κ2) is 12.7. The summed E-state index contributed by atoms with van der Waals surface area (Å²) in [5.74, 6) is 1.07. The zero-order chi connectivity index (χ0) is 26.4. The van der Waals surface area contributed by atoms with Gasteiger partial charge in [-0.15, -0.1) is 0 Å². The van der Waals surface area contributed by atoms with Crippen molar-refractivity contribution in [2.45, 2.75) is 69.2 Å². The van der Waals surface area contributed by atoms with Gasteiger partial charge >= 0.3 is 230 Å². The summed E-state index contributed by atoms with van der Waals surface area (Å²) in [5.41, 5.74) is 5.81. The largest absolute Gasteiger partial charge is 1.00 e. The smallest absolute Gasteiger partial charge is 1.00 e. The van der Waals surface area contributed by atoms with Crippen molar-refractivity contribution in [2.75, 3.05) is 0 Å². The van der Waals surface area contributed by atoms with Gasteiger partial charge in [0, 0.05) is 0 Å². The number of hydrogen-bond donors (Lipinski definition) is 0. The maximum atomic E-state index is 2.62. The maximum Gasteiger partial charge on any atom is -1.00 e. The van der Waals surface area contributed by atoms with Gasteiger partial charge in [-0.3, -0.25) is 0 Å². The van der Waals surface area contributed by atoms with Crippen molar-refractivity contribution in [2.24, 2.45) is 22.7 Å². The fourth-order valence-electron chi connectivity index (χ4n) is 6.42. The summed E-state index contributed by atoms with van der Waals surface area (Å²) in [5, 5.41) is 3.19. The molecule has 0 saturated heterocycles. The Morgan fingerprint density at radius 1 is 0.579 bits per heavy atom. The van der Waals surface area contributed by atoms with E-state index in [-0.39, 0.29) is 35.6 Å².